The van der Waals surface area contributed by atoms with Crippen LogP contribution in [0.3, 0.4) is 0 Å². The predicted octanol–water partition coefficient (Wildman–Crippen LogP) is 3.69. The fraction of sp³-hybridized carbons (Fsp3) is 0.304. The zero-order valence-corrected chi connectivity index (χ0v) is 15.5. The van der Waals surface area contributed by atoms with Crippen molar-refractivity contribution in [2.24, 2.45) is 5.92 Å². The summed E-state index contributed by atoms with van der Waals surface area (Å²) in [6, 6.07) is 19.9. The summed E-state index contributed by atoms with van der Waals surface area (Å²) >= 11 is 0. The second-order valence-electron chi connectivity index (χ2n) is 7.66. The minimum absolute atomic E-state index is 0.00557. The normalized spacial score (nSPS) is 22.7. The smallest absolute Gasteiger partial charge is 0.255 e. The number of fused-ring (bicyclic) bond motifs is 1. The van der Waals surface area contributed by atoms with Crippen molar-refractivity contribution in [1.82, 2.24) is 9.88 Å². The summed E-state index contributed by atoms with van der Waals surface area (Å²) in [4.78, 5) is 19.3. The number of carbonyl (C=O) groups is 1. The number of hydrogen-bond acceptors (Lipinski definition) is 3. The van der Waals surface area contributed by atoms with Crippen LogP contribution in [-0.2, 0) is 6.42 Å². The number of benzene rings is 2. The molecular formula is C23H24N2O2. The Bertz CT molecular complexity index is 953. The highest BCUT2D eigenvalue weighted by molar-refractivity contribution is 5.97. The van der Waals surface area contributed by atoms with Crippen LogP contribution in [0, 0.1) is 5.92 Å². The Hall–Kier alpha value is -2.72. The highest BCUT2D eigenvalue weighted by Crippen LogP contribution is 2.31. The Kier molecular flexibility index (Phi) is 4.66. The van der Waals surface area contributed by atoms with E-state index in [0.717, 1.165) is 17.3 Å². The maximum absolute atomic E-state index is 13.1. The monoisotopic (exact) mass is 360 g/mol. The molecule has 4 heteroatoms. The summed E-state index contributed by atoms with van der Waals surface area (Å²) in [5.74, 6) is -0.00664. The molecule has 1 fully saturated rings. The van der Waals surface area contributed by atoms with Gasteiger partial charge in [-0.05, 0) is 37.5 Å². The number of amides is 1. The molecule has 0 spiro atoms. The average Bonchev–Trinajstić information content (AvgIpc) is 2.69. The molecule has 1 aromatic heterocycles. The van der Waals surface area contributed by atoms with Gasteiger partial charge in [0, 0.05) is 30.6 Å². The molecule has 4 nitrogen and oxygen atoms in total. The van der Waals surface area contributed by atoms with E-state index in [1.54, 1.807) is 6.20 Å². The lowest BCUT2D eigenvalue weighted by atomic mass is 9.78. The lowest BCUT2D eigenvalue weighted by Gasteiger charge is -2.43. The van der Waals surface area contributed by atoms with Crippen LogP contribution >= 0.6 is 0 Å². The molecule has 3 aromatic rings. The molecule has 0 aliphatic carbocycles. The van der Waals surface area contributed by atoms with Gasteiger partial charge in [-0.25, -0.2) is 0 Å². The van der Waals surface area contributed by atoms with Crippen LogP contribution in [0.4, 0.5) is 0 Å². The molecule has 27 heavy (non-hydrogen) atoms. The van der Waals surface area contributed by atoms with E-state index >= 15 is 0 Å². The molecule has 1 N–H and O–H groups in total. The second kappa shape index (κ2) is 7.12. The number of nitrogens with zero attached hydrogens (tertiary/aromatic N) is 2. The van der Waals surface area contributed by atoms with Crippen LogP contribution in [0.2, 0.25) is 0 Å². The Morgan fingerprint density at radius 2 is 1.93 bits per heavy atom. The number of likely N-dealkylation sites (tertiary alicyclic amines) is 1. The first kappa shape index (κ1) is 17.7. The first-order valence-electron chi connectivity index (χ1n) is 9.43. The van der Waals surface area contributed by atoms with E-state index in [2.05, 4.69) is 17.1 Å². The van der Waals surface area contributed by atoms with Crippen LogP contribution in [0.1, 0.15) is 29.3 Å². The Morgan fingerprint density at radius 3 is 2.74 bits per heavy atom. The Labute approximate surface area is 159 Å². The minimum atomic E-state index is -0.770. The molecule has 1 amide bonds. The summed E-state index contributed by atoms with van der Waals surface area (Å²) in [5, 5.41) is 11.8. The predicted molar refractivity (Wildman–Crippen MR) is 107 cm³/mol. The lowest BCUT2D eigenvalue weighted by molar-refractivity contribution is -0.0507. The third-order valence-electron chi connectivity index (χ3n) is 5.66. The number of aromatic nitrogens is 1. The third-order valence-corrected chi connectivity index (χ3v) is 5.66. The minimum Gasteiger partial charge on any atom is -0.390 e. The van der Waals surface area contributed by atoms with Crippen LogP contribution in [0.15, 0.2) is 66.9 Å². The van der Waals surface area contributed by atoms with Crippen molar-refractivity contribution in [3.63, 3.8) is 0 Å². The zero-order valence-electron chi connectivity index (χ0n) is 15.5. The number of hydrogen-bond donors (Lipinski definition) is 1. The first-order valence-corrected chi connectivity index (χ1v) is 9.43. The molecule has 4 rings (SSSR count). The quantitative estimate of drug-likeness (QED) is 0.775. The fourth-order valence-electron chi connectivity index (χ4n) is 3.86. The van der Waals surface area contributed by atoms with E-state index in [9.17, 15) is 9.90 Å². The molecule has 2 heterocycles. The van der Waals surface area contributed by atoms with Crippen molar-refractivity contribution in [3.8, 4) is 0 Å². The fourth-order valence-corrected chi connectivity index (χ4v) is 3.86. The van der Waals surface area contributed by atoms with Gasteiger partial charge in [0.15, 0.2) is 0 Å². The number of aliphatic hydroxyl groups is 1. The number of para-hydroxylation sites is 1. The highest BCUT2D eigenvalue weighted by atomic mass is 16.3. The molecule has 1 saturated heterocycles. The van der Waals surface area contributed by atoms with Gasteiger partial charge in [-0.3, -0.25) is 9.78 Å². The van der Waals surface area contributed by atoms with E-state index in [-0.39, 0.29) is 11.8 Å². The largest absolute Gasteiger partial charge is 0.390 e. The summed E-state index contributed by atoms with van der Waals surface area (Å²) < 4.78 is 0. The number of rotatable bonds is 3. The van der Waals surface area contributed by atoms with Crippen molar-refractivity contribution in [1.29, 1.82) is 0 Å². The van der Waals surface area contributed by atoms with Gasteiger partial charge in [0.1, 0.15) is 0 Å². The molecule has 2 atom stereocenters. The van der Waals surface area contributed by atoms with Gasteiger partial charge in [0.05, 0.1) is 16.7 Å². The molecule has 0 unspecified atom stereocenters. The van der Waals surface area contributed by atoms with Gasteiger partial charge >= 0.3 is 0 Å². The maximum Gasteiger partial charge on any atom is 0.255 e. The van der Waals surface area contributed by atoms with E-state index in [1.807, 2.05) is 60.4 Å². The lowest BCUT2D eigenvalue weighted by Crippen LogP contribution is -2.52. The maximum atomic E-state index is 13.1. The molecule has 1 aliphatic rings. The second-order valence-corrected chi connectivity index (χ2v) is 7.66. The Morgan fingerprint density at radius 1 is 1.19 bits per heavy atom. The topological polar surface area (TPSA) is 53.4 Å². The van der Waals surface area contributed by atoms with Crippen molar-refractivity contribution >= 4 is 16.8 Å². The van der Waals surface area contributed by atoms with Crippen molar-refractivity contribution < 1.29 is 9.90 Å². The van der Waals surface area contributed by atoms with Crippen LogP contribution in [0.5, 0.6) is 0 Å². The number of carbonyl (C=O) groups excluding carboxylic acids is 1. The third kappa shape index (κ3) is 3.71. The van der Waals surface area contributed by atoms with Crippen molar-refractivity contribution in [2.75, 3.05) is 13.1 Å². The van der Waals surface area contributed by atoms with Gasteiger partial charge in [0.2, 0.25) is 0 Å². The first-order chi connectivity index (χ1) is 13.0. The average molecular weight is 360 g/mol. The number of piperidine rings is 1. The Balaban J connectivity index is 1.55. The summed E-state index contributed by atoms with van der Waals surface area (Å²) in [5.41, 5.74) is 1.91. The summed E-state index contributed by atoms with van der Waals surface area (Å²) in [6.45, 7) is 3.00. The van der Waals surface area contributed by atoms with Crippen LogP contribution in [-0.4, -0.2) is 39.6 Å². The molecule has 1 aliphatic heterocycles. The standard InChI is InChI=1S/C23H24N2O2/c1-23(27)11-12-25(16-20(23)13-17-7-3-2-4-8-17)22(26)19-14-18-9-5-6-10-21(18)24-15-19/h2-10,14-15,20,27H,11-13,16H2,1H3/t20-,23+/m0/s1. The van der Waals surface area contributed by atoms with Crippen molar-refractivity contribution in [2.45, 2.75) is 25.4 Å². The van der Waals surface area contributed by atoms with Gasteiger partial charge in [-0.15, -0.1) is 0 Å². The van der Waals surface area contributed by atoms with Gasteiger partial charge in [-0.1, -0.05) is 48.5 Å². The molecular weight excluding hydrogens is 336 g/mol. The van der Waals surface area contributed by atoms with Gasteiger partial charge < -0.3 is 10.0 Å². The molecule has 0 radical (unpaired) electrons. The van der Waals surface area contributed by atoms with E-state index < -0.39 is 5.60 Å². The summed E-state index contributed by atoms with van der Waals surface area (Å²) in [6.07, 6.45) is 2.99. The van der Waals surface area contributed by atoms with Crippen molar-refractivity contribution in [3.05, 3.63) is 78.0 Å². The molecule has 2 aromatic carbocycles. The highest BCUT2D eigenvalue weighted by Gasteiger charge is 2.39. The van der Waals surface area contributed by atoms with Gasteiger partial charge in [0.25, 0.3) is 5.91 Å². The molecule has 0 bridgehead atoms. The van der Waals surface area contributed by atoms with E-state index in [0.29, 0.717) is 25.1 Å². The van der Waals surface area contributed by atoms with E-state index in [1.165, 1.54) is 5.56 Å². The molecule has 138 valence electrons. The molecule has 0 saturated carbocycles. The SMILES string of the molecule is C[C@@]1(O)CCN(C(=O)c2cnc3ccccc3c2)C[C@@H]1Cc1ccccc1. The zero-order chi connectivity index (χ0) is 18.9. The summed E-state index contributed by atoms with van der Waals surface area (Å²) in [7, 11) is 0. The van der Waals surface area contributed by atoms with E-state index in [4.69, 9.17) is 0 Å². The van der Waals surface area contributed by atoms with Crippen LogP contribution < -0.4 is 0 Å². The van der Waals surface area contributed by atoms with Crippen LogP contribution in [0.25, 0.3) is 10.9 Å². The number of pyridine rings is 1. The van der Waals surface area contributed by atoms with Gasteiger partial charge in [-0.2, -0.15) is 0 Å².